The second-order valence-electron chi connectivity index (χ2n) is 6.16. The molecular weight excluding hydrogens is 336 g/mol. The average molecular weight is 358 g/mol. The zero-order valence-electron chi connectivity index (χ0n) is 14.2. The predicted molar refractivity (Wildman–Crippen MR) is 97.7 cm³/mol. The van der Waals surface area contributed by atoms with Crippen molar-refractivity contribution < 1.29 is 14.3 Å². The van der Waals surface area contributed by atoms with Crippen LogP contribution in [0, 0.1) is 0 Å². The van der Waals surface area contributed by atoms with Crippen molar-refractivity contribution in [2.45, 2.75) is 25.5 Å². The summed E-state index contributed by atoms with van der Waals surface area (Å²) in [4.78, 5) is 27.9. The van der Waals surface area contributed by atoms with Crippen molar-refractivity contribution in [3.05, 3.63) is 58.3 Å². The van der Waals surface area contributed by atoms with E-state index in [9.17, 15) is 9.59 Å². The van der Waals surface area contributed by atoms with Crippen molar-refractivity contribution in [2.75, 3.05) is 19.7 Å². The summed E-state index contributed by atoms with van der Waals surface area (Å²) in [6, 6.07) is 12.8. The lowest BCUT2D eigenvalue weighted by Crippen LogP contribution is -2.54. The van der Waals surface area contributed by atoms with Gasteiger partial charge in [0.15, 0.2) is 0 Å². The molecule has 1 aromatic heterocycles. The molecule has 2 amide bonds. The first-order valence-electron chi connectivity index (χ1n) is 8.42. The van der Waals surface area contributed by atoms with Crippen molar-refractivity contribution >= 4 is 23.2 Å². The van der Waals surface area contributed by atoms with Crippen LogP contribution in [-0.4, -0.2) is 48.6 Å². The van der Waals surface area contributed by atoms with Crippen molar-refractivity contribution in [1.82, 2.24) is 10.2 Å². The van der Waals surface area contributed by atoms with E-state index in [1.807, 2.05) is 48.7 Å². The third kappa shape index (κ3) is 4.67. The number of morpholine rings is 1. The Morgan fingerprint density at radius 2 is 2.08 bits per heavy atom. The number of benzene rings is 1. The lowest BCUT2D eigenvalue weighted by atomic mass is 10.0. The third-order valence-electron chi connectivity index (χ3n) is 4.18. The number of hydrogen-bond donors (Lipinski definition) is 1. The highest BCUT2D eigenvalue weighted by molar-refractivity contribution is 7.12. The van der Waals surface area contributed by atoms with Crippen LogP contribution in [0.4, 0.5) is 0 Å². The summed E-state index contributed by atoms with van der Waals surface area (Å²) in [5.41, 5.74) is 1.02. The van der Waals surface area contributed by atoms with Crippen LogP contribution in [0.25, 0.3) is 0 Å². The number of carbonyl (C=O) groups is 2. The maximum atomic E-state index is 13.0. The highest BCUT2D eigenvalue weighted by Crippen LogP contribution is 2.13. The van der Waals surface area contributed by atoms with Crippen LogP contribution in [0.3, 0.4) is 0 Å². The fourth-order valence-electron chi connectivity index (χ4n) is 2.93. The quantitative estimate of drug-likeness (QED) is 0.892. The van der Waals surface area contributed by atoms with Crippen LogP contribution >= 0.6 is 11.3 Å². The molecule has 1 fully saturated rings. The normalized spacial score (nSPS) is 18.6. The van der Waals surface area contributed by atoms with E-state index in [2.05, 4.69) is 5.32 Å². The van der Waals surface area contributed by atoms with Gasteiger partial charge in [-0.3, -0.25) is 9.59 Å². The molecule has 3 rings (SSSR count). The van der Waals surface area contributed by atoms with E-state index in [-0.39, 0.29) is 17.9 Å². The molecule has 0 aliphatic carbocycles. The monoisotopic (exact) mass is 358 g/mol. The molecule has 0 spiro atoms. The third-order valence-corrected chi connectivity index (χ3v) is 5.05. The number of rotatable bonds is 5. The molecule has 1 aliphatic rings. The summed E-state index contributed by atoms with van der Waals surface area (Å²) in [7, 11) is 0. The molecule has 1 aromatic carbocycles. The molecule has 2 heterocycles. The molecule has 1 aliphatic heterocycles. The van der Waals surface area contributed by atoms with E-state index < -0.39 is 6.04 Å². The molecule has 5 nitrogen and oxygen atoms in total. The van der Waals surface area contributed by atoms with Crippen molar-refractivity contribution in [3.63, 3.8) is 0 Å². The molecule has 25 heavy (non-hydrogen) atoms. The Labute approximate surface area is 151 Å². The molecule has 6 heteroatoms. The summed E-state index contributed by atoms with van der Waals surface area (Å²) in [5.74, 6) is -0.255. The minimum absolute atomic E-state index is 0.0167. The first kappa shape index (κ1) is 17.6. The van der Waals surface area contributed by atoms with Crippen LogP contribution in [0.15, 0.2) is 47.8 Å². The van der Waals surface area contributed by atoms with Gasteiger partial charge in [0.25, 0.3) is 5.91 Å². The van der Waals surface area contributed by atoms with Crippen molar-refractivity contribution in [2.24, 2.45) is 0 Å². The summed E-state index contributed by atoms with van der Waals surface area (Å²) in [5, 5.41) is 4.77. The van der Waals surface area contributed by atoms with Crippen LogP contribution in [-0.2, 0) is 16.0 Å². The second-order valence-corrected chi connectivity index (χ2v) is 7.11. The molecule has 0 radical (unpaired) electrons. The molecule has 0 bridgehead atoms. The van der Waals surface area contributed by atoms with Gasteiger partial charge >= 0.3 is 0 Å². The fourth-order valence-corrected chi connectivity index (χ4v) is 3.55. The molecule has 1 N–H and O–H groups in total. The minimum Gasteiger partial charge on any atom is -0.375 e. The zero-order valence-corrected chi connectivity index (χ0v) is 15.0. The van der Waals surface area contributed by atoms with Gasteiger partial charge in [0, 0.05) is 19.5 Å². The van der Waals surface area contributed by atoms with Gasteiger partial charge in [-0.1, -0.05) is 36.4 Å². The lowest BCUT2D eigenvalue weighted by molar-refractivity contribution is -0.140. The Bertz CT molecular complexity index is 703. The van der Waals surface area contributed by atoms with Crippen molar-refractivity contribution in [3.8, 4) is 0 Å². The van der Waals surface area contributed by atoms with E-state index in [0.29, 0.717) is 31.0 Å². The summed E-state index contributed by atoms with van der Waals surface area (Å²) >= 11 is 1.37. The second kappa shape index (κ2) is 8.27. The number of nitrogens with one attached hydrogen (secondary N) is 1. The fraction of sp³-hybridized carbons (Fsp3) is 0.368. The Morgan fingerprint density at radius 3 is 2.76 bits per heavy atom. The van der Waals surface area contributed by atoms with Gasteiger partial charge in [0.2, 0.25) is 5.91 Å². The van der Waals surface area contributed by atoms with Gasteiger partial charge in [-0.25, -0.2) is 0 Å². The highest BCUT2D eigenvalue weighted by atomic mass is 32.1. The topological polar surface area (TPSA) is 58.6 Å². The number of amides is 2. The van der Waals surface area contributed by atoms with Gasteiger partial charge < -0.3 is 15.0 Å². The number of ether oxygens (including phenoxy) is 1. The summed E-state index contributed by atoms with van der Waals surface area (Å²) in [6.45, 7) is 3.60. The molecule has 2 atom stereocenters. The number of nitrogens with zero attached hydrogens (tertiary/aromatic N) is 1. The van der Waals surface area contributed by atoms with Crippen molar-refractivity contribution in [1.29, 1.82) is 0 Å². The van der Waals surface area contributed by atoms with Gasteiger partial charge in [0.1, 0.15) is 6.04 Å². The smallest absolute Gasteiger partial charge is 0.262 e. The van der Waals surface area contributed by atoms with Gasteiger partial charge in [-0.2, -0.15) is 0 Å². The van der Waals surface area contributed by atoms with Gasteiger partial charge in [0.05, 0.1) is 17.6 Å². The van der Waals surface area contributed by atoms with Gasteiger partial charge in [-0.05, 0) is 23.9 Å². The SMILES string of the molecule is CC1CN(C(=O)C(Cc2ccccc2)NC(=O)c2cccs2)CCO1. The van der Waals surface area contributed by atoms with Crippen LogP contribution in [0.2, 0.25) is 0 Å². The Kier molecular flexibility index (Phi) is 5.83. The molecule has 1 saturated heterocycles. The molecule has 0 saturated carbocycles. The zero-order chi connectivity index (χ0) is 17.6. The van der Waals surface area contributed by atoms with Crippen LogP contribution in [0.1, 0.15) is 22.2 Å². The average Bonchev–Trinajstić information content (AvgIpc) is 3.16. The summed E-state index contributed by atoms with van der Waals surface area (Å²) in [6.07, 6.45) is 0.491. The molecule has 2 aromatic rings. The maximum Gasteiger partial charge on any atom is 0.262 e. The highest BCUT2D eigenvalue weighted by Gasteiger charge is 2.29. The molecular formula is C19H22N2O3S. The first-order valence-corrected chi connectivity index (χ1v) is 9.30. The largest absolute Gasteiger partial charge is 0.375 e. The minimum atomic E-state index is -0.581. The Morgan fingerprint density at radius 1 is 1.28 bits per heavy atom. The van der Waals surface area contributed by atoms with E-state index >= 15 is 0 Å². The first-order chi connectivity index (χ1) is 12.1. The number of carbonyl (C=O) groups excluding carboxylic acids is 2. The van der Waals surface area contributed by atoms with Gasteiger partial charge in [-0.15, -0.1) is 11.3 Å². The lowest BCUT2D eigenvalue weighted by Gasteiger charge is -2.34. The number of hydrogen-bond acceptors (Lipinski definition) is 4. The van der Waals surface area contributed by atoms with E-state index in [0.717, 1.165) is 5.56 Å². The Balaban J connectivity index is 1.75. The van der Waals surface area contributed by atoms with E-state index in [1.54, 1.807) is 11.0 Å². The van der Waals surface area contributed by atoms with E-state index in [1.165, 1.54) is 11.3 Å². The van der Waals surface area contributed by atoms with E-state index in [4.69, 9.17) is 4.74 Å². The number of thiophene rings is 1. The summed E-state index contributed by atoms with van der Waals surface area (Å²) < 4.78 is 5.52. The van der Waals surface area contributed by atoms with Crippen LogP contribution in [0.5, 0.6) is 0 Å². The standard InChI is InChI=1S/C19H22N2O3S/c1-14-13-21(9-10-24-14)19(23)16(12-15-6-3-2-4-7-15)20-18(22)17-8-5-11-25-17/h2-8,11,14,16H,9-10,12-13H2,1H3,(H,20,22). The molecule has 2 unspecified atom stereocenters. The Hall–Kier alpha value is -2.18. The maximum absolute atomic E-state index is 13.0. The predicted octanol–water partition coefficient (Wildman–Crippen LogP) is 2.34. The van der Waals surface area contributed by atoms with Crippen LogP contribution < -0.4 is 5.32 Å². The molecule has 132 valence electrons.